The molecule has 3 nitrogen and oxygen atoms in total. The second-order valence-electron chi connectivity index (χ2n) is 5.39. The van der Waals surface area contributed by atoms with Crippen LogP contribution in [0.5, 0.6) is 0 Å². The van der Waals surface area contributed by atoms with Gasteiger partial charge >= 0.3 is 15.6 Å². The second-order valence-corrected chi connectivity index (χ2v) is 9.29. The summed E-state index contributed by atoms with van der Waals surface area (Å²) in [6.07, 6.45) is 0. The van der Waals surface area contributed by atoms with Gasteiger partial charge in [-0.1, -0.05) is 54.6 Å². The molecular weight excluding hydrogens is 593 g/mol. The van der Waals surface area contributed by atoms with E-state index in [4.69, 9.17) is 13.0 Å². The maximum atomic E-state index is 10.7. The van der Waals surface area contributed by atoms with E-state index in [2.05, 4.69) is 91.0 Å². The van der Waals surface area contributed by atoms with Crippen molar-refractivity contribution in [1.82, 2.24) is 0 Å². The van der Waals surface area contributed by atoms with Gasteiger partial charge in [0.05, 0.1) is 7.92 Å². The van der Waals surface area contributed by atoms with Crippen molar-refractivity contribution in [3.05, 3.63) is 91.0 Å². The van der Waals surface area contributed by atoms with Crippen LogP contribution in [0.25, 0.3) is 0 Å². The molecule has 28 heavy (non-hydrogen) atoms. The minimum Gasteiger partial charge on any atom is -0.279 e. The van der Waals surface area contributed by atoms with Gasteiger partial charge in [0.15, 0.2) is 0 Å². The van der Waals surface area contributed by atoms with Crippen LogP contribution in [0.3, 0.4) is 0 Å². The van der Waals surface area contributed by atoms with Crippen molar-refractivity contribution in [1.29, 1.82) is 0 Å². The molecule has 1 N–H and O–H groups in total. The molecule has 0 fully saturated rings. The molecule has 0 aromatic heterocycles. The van der Waals surface area contributed by atoms with Crippen LogP contribution in [-0.2, 0) is 32.5 Å². The van der Waals surface area contributed by atoms with Crippen LogP contribution in [0.4, 0.5) is 13.2 Å². The Morgan fingerprint density at radius 1 is 0.643 bits per heavy atom. The van der Waals surface area contributed by atoms with E-state index in [0.29, 0.717) is 0 Å². The standard InChI is InChI=1S/C18H15P.CHF3O3S.Au/c1-4-10-16(11-5-1)19(17-12-6-2-7-13-17)18-14-8-3-9-15-18;2-1(3,4)8(5,6)7;/h1-15H;(H,5,6,7);/p+1. The van der Waals surface area contributed by atoms with E-state index in [9.17, 15) is 13.2 Å². The summed E-state index contributed by atoms with van der Waals surface area (Å²) in [5.74, 6) is 0. The first kappa shape index (κ1) is 24.6. The Morgan fingerprint density at radius 3 is 1.04 bits per heavy atom. The quantitative estimate of drug-likeness (QED) is 0.214. The number of hydrogen-bond acceptors (Lipinski definition) is 2. The molecule has 0 aliphatic carbocycles. The fourth-order valence-corrected chi connectivity index (χ4v) is 4.89. The van der Waals surface area contributed by atoms with Crippen molar-refractivity contribution in [3.63, 3.8) is 0 Å². The van der Waals surface area contributed by atoms with Gasteiger partial charge in [-0.05, 0) is 36.4 Å². The molecular formula is C19H17AuF3O3PS+. The third-order valence-corrected chi connectivity index (χ3v) is 6.80. The minimum absolute atomic E-state index is 0. The van der Waals surface area contributed by atoms with E-state index in [-0.39, 0.29) is 22.4 Å². The Bertz CT molecular complexity index is 845. The van der Waals surface area contributed by atoms with Crippen LogP contribution in [0.15, 0.2) is 91.0 Å². The van der Waals surface area contributed by atoms with Crippen molar-refractivity contribution in [2.24, 2.45) is 0 Å². The predicted octanol–water partition coefficient (Wildman–Crippen LogP) is 3.57. The molecule has 0 saturated heterocycles. The average Bonchev–Trinajstić information content (AvgIpc) is 2.64. The molecule has 0 amide bonds. The zero-order valence-electron chi connectivity index (χ0n) is 14.3. The van der Waals surface area contributed by atoms with Gasteiger partial charge < -0.3 is 0 Å². The maximum absolute atomic E-state index is 10.7. The van der Waals surface area contributed by atoms with Crippen molar-refractivity contribution >= 4 is 34.0 Å². The minimum atomic E-state index is -5.84. The normalized spacial score (nSPS) is 11.2. The monoisotopic (exact) mass is 610 g/mol. The Kier molecular flexibility index (Phi) is 9.57. The molecule has 0 atom stereocenters. The Morgan fingerprint density at radius 2 is 0.857 bits per heavy atom. The van der Waals surface area contributed by atoms with Gasteiger partial charge in [-0.2, -0.15) is 21.6 Å². The van der Waals surface area contributed by atoms with E-state index in [1.165, 1.54) is 15.9 Å². The topological polar surface area (TPSA) is 54.4 Å². The van der Waals surface area contributed by atoms with E-state index in [1.807, 2.05) is 0 Å². The van der Waals surface area contributed by atoms with Gasteiger partial charge in [-0.15, -0.1) is 0 Å². The van der Waals surface area contributed by atoms with Crippen molar-refractivity contribution in [2.45, 2.75) is 5.51 Å². The van der Waals surface area contributed by atoms with Crippen LogP contribution in [0.1, 0.15) is 0 Å². The van der Waals surface area contributed by atoms with E-state index >= 15 is 0 Å². The van der Waals surface area contributed by atoms with Gasteiger partial charge in [-0.25, -0.2) is 0 Å². The second kappa shape index (κ2) is 10.9. The van der Waals surface area contributed by atoms with E-state index in [0.717, 1.165) is 0 Å². The van der Waals surface area contributed by atoms with Crippen LogP contribution >= 0.6 is 7.92 Å². The third kappa shape index (κ3) is 7.17. The number of alkyl halides is 3. The van der Waals surface area contributed by atoms with Gasteiger partial charge in [0.25, 0.3) is 0 Å². The average molecular weight is 610 g/mol. The molecule has 0 aliphatic heterocycles. The third-order valence-electron chi connectivity index (χ3n) is 3.48. The van der Waals surface area contributed by atoms with Gasteiger partial charge in [0.2, 0.25) is 0 Å². The molecule has 0 bridgehead atoms. The zero-order chi connectivity index (χ0) is 19.9. The van der Waals surface area contributed by atoms with E-state index in [1.54, 1.807) is 0 Å². The fraction of sp³-hybridized carbons (Fsp3) is 0.0526. The summed E-state index contributed by atoms with van der Waals surface area (Å²) in [6.45, 7) is 0. The fourth-order valence-electron chi connectivity index (χ4n) is 2.31. The molecule has 3 aromatic rings. The van der Waals surface area contributed by atoms with E-state index < -0.39 is 23.5 Å². The number of benzene rings is 3. The molecule has 0 unspecified atom stereocenters. The molecule has 3 rings (SSSR count). The number of hydrogen-bond donors (Lipinski definition) is 1. The molecule has 0 saturated carbocycles. The predicted molar refractivity (Wildman–Crippen MR) is 104 cm³/mol. The summed E-state index contributed by atoms with van der Waals surface area (Å²) in [4.78, 5) is 0. The molecule has 9 heteroatoms. The molecule has 0 heterocycles. The first-order valence-corrected chi connectivity index (χ1v) is 10.7. The summed E-state index contributed by atoms with van der Waals surface area (Å²) >= 11 is 0. The summed E-state index contributed by atoms with van der Waals surface area (Å²) in [6, 6.07) is 32.5. The first-order valence-electron chi connectivity index (χ1n) is 7.77. The van der Waals surface area contributed by atoms with Crippen molar-refractivity contribution in [3.8, 4) is 0 Å². The van der Waals surface area contributed by atoms with Gasteiger partial charge in [-0.3, -0.25) is 4.55 Å². The Hall–Kier alpha value is -1.47. The summed E-state index contributed by atoms with van der Waals surface area (Å²) in [7, 11) is -6.72. The number of rotatable bonds is 3. The van der Waals surface area contributed by atoms with Crippen molar-refractivity contribution in [2.75, 3.05) is 0 Å². The summed E-state index contributed by atoms with van der Waals surface area (Å²) in [5.41, 5.74) is -5.53. The maximum Gasteiger partial charge on any atom is 0.522 e. The van der Waals surface area contributed by atoms with Crippen LogP contribution in [-0.4, -0.2) is 18.5 Å². The smallest absolute Gasteiger partial charge is 0.279 e. The summed E-state index contributed by atoms with van der Waals surface area (Å²) in [5, 5.41) is 4.31. The molecule has 153 valence electrons. The molecule has 0 spiro atoms. The SMILES string of the molecule is O=S(=O)(O)C(F)(F)F.[Au].c1ccc([PH+](c2ccccc2)c2ccccc2)cc1. The largest absolute Gasteiger partial charge is 0.522 e. The Balaban J connectivity index is 0.000000376. The number of halogens is 3. The van der Waals surface area contributed by atoms with Crippen LogP contribution < -0.4 is 15.9 Å². The summed E-state index contributed by atoms with van der Waals surface area (Å²) < 4.78 is 57.5. The van der Waals surface area contributed by atoms with Crippen molar-refractivity contribution < 1.29 is 48.5 Å². The molecule has 1 radical (unpaired) electrons. The van der Waals surface area contributed by atoms with Gasteiger partial charge in [0.1, 0.15) is 15.9 Å². The molecule has 0 aliphatic rings. The first-order chi connectivity index (χ1) is 12.7. The Labute approximate surface area is 178 Å². The zero-order valence-corrected chi connectivity index (χ0v) is 18.3. The van der Waals surface area contributed by atoms with Gasteiger partial charge in [0, 0.05) is 22.4 Å². The molecule has 3 aromatic carbocycles. The van der Waals surface area contributed by atoms with Crippen LogP contribution in [0.2, 0.25) is 0 Å². The van der Waals surface area contributed by atoms with Crippen LogP contribution in [0, 0.1) is 0 Å².